The first kappa shape index (κ1) is 23.1. The smallest absolute Gasteiger partial charge is 0.319 e. The van der Waals surface area contributed by atoms with Crippen LogP contribution >= 0.6 is 11.6 Å². The number of anilines is 2. The molecule has 0 spiro atoms. The van der Waals surface area contributed by atoms with Gasteiger partial charge in [0.1, 0.15) is 5.82 Å². The average Bonchev–Trinajstić information content (AvgIpc) is 3.39. The zero-order valence-corrected chi connectivity index (χ0v) is 19.8. The normalized spacial score (nSPS) is 16.2. The van der Waals surface area contributed by atoms with Crippen molar-refractivity contribution in [1.82, 2.24) is 20.1 Å². The SMILES string of the molecule is CC(C)(C)c1cc(CNC(=O)Nc2ccc(N3CC[C@@H](O)C3)nc2)n(-c2cccc(Cl)c2)n1. The summed E-state index contributed by atoms with van der Waals surface area (Å²) in [6, 6.07) is 12.8. The predicted molar refractivity (Wildman–Crippen MR) is 130 cm³/mol. The fourth-order valence-corrected chi connectivity index (χ4v) is 3.87. The molecule has 1 atom stereocenters. The van der Waals surface area contributed by atoms with E-state index in [-0.39, 0.29) is 17.6 Å². The molecule has 0 bridgehead atoms. The van der Waals surface area contributed by atoms with Gasteiger partial charge in [-0.05, 0) is 42.8 Å². The van der Waals surface area contributed by atoms with E-state index >= 15 is 0 Å². The summed E-state index contributed by atoms with van der Waals surface area (Å²) in [6.45, 7) is 7.94. The third-order valence-corrected chi connectivity index (χ3v) is 5.76. The Morgan fingerprint density at radius 3 is 2.70 bits per heavy atom. The number of benzene rings is 1. The van der Waals surface area contributed by atoms with Gasteiger partial charge in [0.05, 0.1) is 41.6 Å². The van der Waals surface area contributed by atoms with E-state index < -0.39 is 0 Å². The maximum atomic E-state index is 12.5. The first-order chi connectivity index (χ1) is 15.7. The molecule has 1 aromatic carbocycles. The van der Waals surface area contributed by atoms with Crippen molar-refractivity contribution in [3.05, 3.63) is 65.1 Å². The van der Waals surface area contributed by atoms with E-state index in [1.54, 1.807) is 12.3 Å². The number of amides is 2. The number of carbonyl (C=O) groups excluding carboxylic acids is 1. The van der Waals surface area contributed by atoms with E-state index in [9.17, 15) is 9.90 Å². The second-order valence-corrected chi connectivity index (χ2v) is 9.70. The van der Waals surface area contributed by atoms with Crippen LogP contribution < -0.4 is 15.5 Å². The molecule has 0 radical (unpaired) electrons. The molecule has 0 saturated carbocycles. The van der Waals surface area contributed by atoms with Gasteiger partial charge in [0.2, 0.25) is 0 Å². The van der Waals surface area contributed by atoms with Gasteiger partial charge in [-0.3, -0.25) is 0 Å². The first-order valence-electron chi connectivity index (χ1n) is 11.0. The zero-order valence-electron chi connectivity index (χ0n) is 19.0. The highest BCUT2D eigenvalue weighted by molar-refractivity contribution is 6.30. The molecule has 1 saturated heterocycles. The molecule has 9 heteroatoms. The Kier molecular flexibility index (Phi) is 6.58. The second kappa shape index (κ2) is 9.41. The van der Waals surface area contributed by atoms with Gasteiger partial charge in [-0.1, -0.05) is 38.4 Å². The third kappa shape index (κ3) is 5.64. The Bertz CT molecular complexity index is 1120. The minimum atomic E-state index is -0.336. The summed E-state index contributed by atoms with van der Waals surface area (Å²) in [6.07, 6.45) is 2.05. The zero-order chi connectivity index (χ0) is 23.6. The molecule has 3 heterocycles. The van der Waals surface area contributed by atoms with Gasteiger partial charge in [-0.15, -0.1) is 0 Å². The number of nitrogens with zero attached hydrogens (tertiary/aromatic N) is 4. The summed E-state index contributed by atoms with van der Waals surface area (Å²) < 4.78 is 1.81. The highest BCUT2D eigenvalue weighted by Gasteiger charge is 2.22. The highest BCUT2D eigenvalue weighted by Crippen LogP contribution is 2.25. The summed E-state index contributed by atoms with van der Waals surface area (Å²) >= 11 is 6.18. The first-order valence-corrected chi connectivity index (χ1v) is 11.4. The number of nitrogens with one attached hydrogen (secondary N) is 2. The van der Waals surface area contributed by atoms with E-state index in [2.05, 4.69) is 36.4 Å². The molecule has 2 amide bonds. The molecule has 1 aliphatic heterocycles. The Morgan fingerprint density at radius 2 is 2.06 bits per heavy atom. The number of pyridine rings is 1. The molecule has 8 nitrogen and oxygen atoms in total. The van der Waals surface area contributed by atoms with Crippen molar-refractivity contribution < 1.29 is 9.90 Å². The number of halogens is 1. The van der Waals surface area contributed by atoms with Gasteiger partial charge in [0.15, 0.2) is 0 Å². The standard InChI is InChI=1S/C24H29ClN6O2/c1-24(2,3)21-12-19(31(29-21)18-6-4-5-16(25)11-18)14-27-23(33)28-17-7-8-22(26-13-17)30-10-9-20(32)15-30/h4-8,11-13,20,32H,9-10,14-15H2,1-3H3,(H2,27,28,33)/t20-/m1/s1. The number of aromatic nitrogens is 3. The Labute approximate surface area is 198 Å². The lowest BCUT2D eigenvalue weighted by Gasteiger charge is -2.16. The van der Waals surface area contributed by atoms with E-state index in [0.29, 0.717) is 23.8 Å². The van der Waals surface area contributed by atoms with Crippen LogP contribution in [0.4, 0.5) is 16.3 Å². The van der Waals surface area contributed by atoms with E-state index in [1.165, 1.54) is 0 Å². The number of urea groups is 1. The molecule has 0 unspecified atom stereocenters. The van der Waals surface area contributed by atoms with Gasteiger partial charge in [0, 0.05) is 23.5 Å². The van der Waals surface area contributed by atoms with Crippen molar-refractivity contribution in [2.75, 3.05) is 23.3 Å². The fourth-order valence-electron chi connectivity index (χ4n) is 3.69. The van der Waals surface area contributed by atoms with Crippen LogP contribution in [0.15, 0.2) is 48.7 Å². The van der Waals surface area contributed by atoms with Crippen LogP contribution in [0.1, 0.15) is 38.6 Å². The largest absolute Gasteiger partial charge is 0.391 e. The summed E-state index contributed by atoms with van der Waals surface area (Å²) in [5.41, 5.74) is 3.06. The number of aliphatic hydroxyl groups excluding tert-OH is 1. The third-order valence-electron chi connectivity index (χ3n) is 5.53. The number of hydrogen-bond donors (Lipinski definition) is 3. The molecule has 174 valence electrons. The van der Waals surface area contributed by atoms with Crippen molar-refractivity contribution in [3.63, 3.8) is 0 Å². The van der Waals surface area contributed by atoms with Crippen LogP contribution in [0.3, 0.4) is 0 Å². The van der Waals surface area contributed by atoms with Crippen molar-refractivity contribution in [2.45, 2.75) is 45.3 Å². The van der Waals surface area contributed by atoms with Crippen LogP contribution in [0.5, 0.6) is 0 Å². The molecular weight excluding hydrogens is 440 g/mol. The Hall–Kier alpha value is -3.10. The van der Waals surface area contributed by atoms with Crippen molar-refractivity contribution in [1.29, 1.82) is 0 Å². The second-order valence-electron chi connectivity index (χ2n) is 9.26. The molecule has 0 aliphatic carbocycles. The van der Waals surface area contributed by atoms with Crippen LogP contribution in [-0.2, 0) is 12.0 Å². The monoisotopic (exact) mass is 468 g/mol. The van der Waals surface area contributed by atoms with E-state index in [4.69, 9.17) is 16.7 Å². The predicted octanol–water partition coefficient (Wildman–Crippen LogP) is 4.11. The highest BCUT2D eigenvalue weighted by atomic mass is 35.5. The van der Waals surface area contributed by atoms with E-state index in [0.717, 1.165) is 35.9 Å². The van der Waals surface area contributed by atoms with Gasteiger partial charge < -0.3 is 20.6 Å². The van der Waals surface area contributed by atoms with Crippen LogP contribution in [0.25, 0.3) is 5.69 Å². The maximum absolute atomic E-state index is 12.5. The number of rotatable bonds is 5. The van der Waals surface area contributed by atoms with Gasteiger partial charge in [0.25, 0.3) is 0 Å². The Balaban J connectivity index is 1.43. The average molecular weight is 469 g/mol. The van der Waals surface area contributed by atoms with Crippen molar-refractivity contribution in [3.8, 4) is 5.69 Å². The van der Waals surface area contributed by atoms with Crippen LogP contribution in [0.2, 0.25) is 5.02 Å². The van der Waals surface area contributed by atoms with Gasteiger partial charge in [-0.25, -0.2) is 14.5 Å². The van der Waals surface area contributed by atoms with Gasteiger partial charge in [-0.2, -0.15) is 5.10 Å². The lowest BCUT2D eigenvalue weighted by molar-refractivity contribution is 0.198. The van der Waals surface area contributed by atoms with Crippen molar-refractivity contribution >= 4 is 29.1 Å². The fraction of sp³-hybridized carbons (Fsp3) is 0.375. The summed E-state index contributed by atoms with van der Waals surface area (Å²) in [4.78, 5) is 19.0. The Morgan fingerprint density at radius 1 is 1.24 bits per heavy atom. The molecule has 4 rings (SSSR count). The van der Waals surface area contributed by atoms with Crippen LogP contribution in [0, 0.1) is 0 Å². The molecule has 33 heavy (non-hydrogen) atoms. The van der Waals surface area contributed by atoms with Crippen molar-refractivity contribution in [2.24, 2.45) is 0 Å². The molecule has 1 aliphatic rings. The topological polar surface area (TPSA) is 95.3 Å². The minimum Gasteiger partial charge on any atom is -0.391 e. The summed E-state index contributed by atoms with van der Waals surface area (Å²) in [5, 5.41) is 20.8. The molecule has 3 aromatic rings. The number of hydrogen-bond acceptors (Lipinski definition) is 5. The number of β-amino-alcohol motifs (C(OH)–C–C–N with tert-alkyl or cyclic N) is 1. The molecular formula is C24H29ClN6O2. The summed E-state index contributed by atoms with van der Waals surface area (Å²) in [5.74, 6) is 0.789. The number of aliphatic hydroxyl groups is 1. The molecule has 1 fully saturated rings. The number of carbonyl (C=O) groups is 1. The lowest BCUT2D eigenvalue weighted by Crippen LogP contribution is -2.29. The van der Waals surface area contributed by atoms with E-state index in [1.807, 2.05) is 46.0 Å². The lowest BCUT2D eigenvalue weighted by atomic mass is 9.92. The molecule has 3 N–H and O–H groups in total. The van der Waals surface area contributed by atoms with Crippen LogP contribution in [-0.4, -0.2) is 45.1 Å². The molecule has 2 aromatic heterocycles. The minimum absolute atomic E-state index is 0.139. The van der Waals surface area contributed by atoms with Gasteiger partial charge >= 0.3 is 6.03 Å². The quantitative estimate of drug-likeness (QED) is 0.523. The summed E-state index contributed by atoms with van der Waals surface area (Å²) in [7, 11) is 0. The maximum Gasteiger partial charge on any atom is 0.319 e.